The Kier molecular flexibility index (Phi) is 11.0. The highest BCUT2D eigenvalue weighted by atomic mass is 35.5. The van der Waals surface area contributed by atoms with Gasteiger partial charge in [0, 0.05) is 83.7 Å². The molecule has 0 saturated heterocycles. The number of rotatable bonds is 6. The Balaban J connectivity index is 0.000000168. The number of hydrogen-bond donors (Lipinski definition) is 2. The van der Waals surface area contributed by atoms with Crippen molar-refractivity contribution in [3.05, 3.63) is 130 Å². The fraction of sp³-hybridized carbons (Fsp3) is 0.381. The van der Waals surface area contributed by atoms with Crippen LogP contribution in [0.1, 0.15) is 61.3 Å². The maximum absolute atomic E-state index is 11.2. The average Bonchev–Trinajstić information content (AvgIpc) is 3.60. The summed E-state index contributed by atoms with van der Waals surface area (Å²) in [7, 11) is 4.30. The Bertz CT molecular complexity index is 2090. The van der Waals surface area contributed by atoms with Crippen molar-refractivity contribution in [2.45, 2.75) is 77.9 Å². The molecule has 9 heteroatoms. The molecule has 0 spiro atoms. The van der Waals surface area contributed by atoms with Gasteiger partial charge in [0.05, 0.1) is 18.6 Å². The van der Waals surface area contributed by atoms with Crippen LogP contribution in [-0.2, 0) is 50.2 Å². The highest BCUT2D eigenvalue weighted by molar-refractivity contribution is 6.31. The summed E-state index contributed by atoms with van der Waals surface area (Å²) in [6.07, 6.45) is 9.00. The largest absolute Gasteiger partial charge is 0.384 e. The van der Waals surface area contributed by atoms with Crippen molar-refractivity contribution in [2.75, 3.05) is 27.2 Å². The Morgan fingerprint density at radius 3 is 1.61 bits per heavy atom. The third kappa shape index (κ3) is 7.62. The molecule has 8 nitrogen and oxygen atoms in total. The first-order valence-electron chi connectivity index (χ1n) is 18.0. The second kappa shape index (κ2) is 15.3. The zero-order chi connectivity index (χ0) is 36.3. The molecule has 8 rings (SSSR count). The standard InChI is InChI=1S/C20H22ClN3O.C20H23N3O.C2H6/c1-20(25,14-5-8-22-9-6-14)13-24-18-11-15(21)3-4-16(18)17-7-10-23(2)12-19(17)24;1-20(24,15-7-10-21-11-8-15)14-23-18-6-4-3-5-16(18)17-9-12-22(2)13-19(17)23;1-2/h3-6,8-9,11,25H,7,10,12-13H2,1-2H3;3-8,10-11,24H,9,12-14H2,1-2H3;1-2H3. The summed E-state index contributed by atoms with van der Waals surface area (Å²) >= 11 is 6.28. The molecule has 0 amide bonds. The minimum atomic E-state index is -0.985. The van der Waals surface area contributed by atoms with Crippen molar-refractivity contribution in [1.82, 2.24) is 28.9 Å². The predicted octanol–water partition coefficient (Wildman–Crippen LogP) is 7.54. The van der Waals surface area contributed by atoms with Crippen molar-refractivity contribution in [1.29, 1.82) is 0 Å². The van der Waals surface area contributed by atoms with Gasteiger partial charge in [-0.15, -0.1) is 0 Å². The molecule has 6 aromatic rings. The van der Waals surface area contributed by atoms with Crippen LogP contribution in [0.3, 0.4) is 0 Å². The lowest BCUT2D eigenvalue weighted by Crippen LogP contribution is -2.32. The van der Waals surface area contributed by atoms with E-state index in [-0.39, 0.29) is 0 Å². The van der Waals surface area contributed by atoms with Crippen molar-refractivity contribution in [3.8, 4) is 0 Å². The van der Waals surface area contributed by atoms with E-state index in [1.165, 1.54) is 38.8 Å². The minimum absolute atomic E-state index is 0.483. The van der Waals surface area contributed by atoms with E-state index in [4.69, 9.17) is 11.6 Å². The molecule has 2 aliphatic rings. The van der Waals surface area contributed by atoms with E-state index < -0.39 is 11.2 Å². The quantitative estimate of drug-likeness (QED) is 0.186. The zero-order valence-corrected chi connectivity index (χ0v) is 31.5. The lowest BCUT2D eigenvalue weighted by molar-refractivity contribution is 0.0376. The first-order valence-corrected chi connectivity index (χ1v) is 18.4. The van der Waals surface area contributed by atoms with Crippen LogP contribution >= 0.6 is 11.6 Å². The van der Waals surface area contributed by atoms with Gasteiger partial charge in [0.1, 0.15) is 11.2 Å². The molecule has 2 N–H and O–H groups in total. The number of halogens is 1. The third-order valence-electron chi connectivity index (χ3n) is 10.3. The Labute approximate surface area is 306 Å². The van der Waals surface area contributed by atoms with Crippen LogP contribution in [0.5, 0.6) is 0 Å². The van der Waals surface area contributed by atoms with Gasteiger partial charge < -0.3 is 29.1 Å². The number of aliphatic hydroxyl groups is 2. The number of benzene rings is 2. The molecule has 0 bridgehead atoms. The monoisotopic (exact) mass is 706 g/mol. The van der Waals surface area contributed by atoms with E-state index >= 15 is 0 Å². The van der Waals surface area contributed by atoms with E-state index in [9.17, 15) is 10.2 Å². The number of pyridine rings is 2. The smallest absolute Gasteiger partial charge is 0.105 e. The van der Waals surface area contributed by atoms with Gasteiger partial charge in [-0.2, -0.15) is 0 Å². The van der Waals surface area contributed by atoms with Crippen LogP contribution in [-0.4, -0.2) is 66.3 Å². The summed E-state index contributed by atoms with van der Waals surface area (Å²) < 4.78 is 4.55. The SMILES string of the molecule is CC.CN1CCc2c(n(CC(C)(O)c3ccncc3)c3cc(Cl)ccc23)C1.CN1CCc2c(n(CC(C)(O)c3ccncc3)c3ccccc23)C1. The second-order valence-electron chi connectivity index (χ2n) is 14.2. The van der Waals surface area contributed by atoms with Crippen LogP contribution in [0.15, 0.2) is 91.5 Å². The van der Waals surface area contributed by atoms with Gasteiger partial charge in [0.25, 0.3) is 0 Å². The fourth-order valence-electron chi connectivity index (χ4n) is 7.65. The number of likely N-dealkylation sites (N-methyl/N-ethyl adjacent to an activating group) is 2. The van der Waals surface area contributed by atoms with Gasteiger partial charge in [-0.1, -0.05) is 49.7 Å². The number of aromatic nitrogens is 4. The normalized spacial score (nSPS) is 17.0. The average molecular weight is 707 g/mol. The molecule has 0 radical (unpaired) electrons. The lowest BCUT2D eigenvalue weighted by Gasteiger charge is -2.29. The van der Waals surface area contributed by atoms with Gasteiger partial charge in [0.2, 0.25) is 0 Å². The molecule has 0 fully saturated rings. The summed E-state index contributed by atoms with van der Waals surface area (Å²) in [4.78, 5) is 12.8. The molecule has 51 heavy (non-hydrogen) atoms. The van der Waals surface area contributed by atoms with Gasteiger partial charge in [-0.05, 0) is 106 Å². The zero-order valence-electron chi connectivity index (χ0n) is 30.8. The van der Waals surface area contributed by atoms with Crippen LogP contribution in [0.25, 0.3) is 21.8 Å². The lowest BCUT2D eigenvalue weighted by atomic mass is 9.97. The van der Waals surface area contributed by atoms with Crippen LogP contribution in [0.4, 0.5) is 0 Å². The van der Waals surface area contributed by atoms with Gasteiger partial charge >= 0.3 is 0 Å². The molecular formula is C42H51ClN6O2. The van der Waals surface area contributed by atoms with E-state index in [0.717, 1.165) is 60.7 Å². The first kappa shape index (κ1) is 36.7. The minimum Gasteiger partial charge on any atom is -0.384 e. The van der Waals surface area contributed by atoms with Crippen LogP contribution < -0.4 is 0 Å². The Hall–Kier alpha value is -4.05. The number of para-hydroxylation sites is 1. The van der Waals surface area contributed by atoms with Crippen LogP contribution in [0.2, 0.25) is 5.02 Å². The van der Waals surface area contributed by atoms with Gasteiger partial charge in [-0.3, -0.25) is 9.97 Å². The molecule has 2 aliphatic heterocycles. The molecule has 268 valence electrons. The van der Waals surface area contributed by atoms with Crippen molar-refractivity contribution in [3.63, 3.8) is 0 Å². The summed E-state index contributed by atoms with van der Waals surface area (Å²) in [6.45, 7) is 12.7. The van der Waals surface area contributed by atoms with Crippen molar-refractivity contribution < 1.29 is 10.2 Å². The maximum atomic E-state index is 11.2. The molecule has 2 unspecified atom stereocenters. The number of nitrogens with zero attached hydrogens (tertiary/aromatic N) is 6. The van der Waals surface area contributed by atoms with Gasteiger partial charge in [-0.25, -0.2) is 0 Å². The van der Waals surface area contributed by atoms with E-state index in [2.05, 4.69) is 73.3 Å². The molecule has 6 heterocycles. The summed E-state index contributed by atoms with van der Waals surface area (Å²) in [6, 6.07) is 22.2. The Morgan fingerprint density at radius 2 is 1.10 bits per heavy atom. The molecule has 2 aromatic carbocycles. The van der Waals surface area contributed by atoms with E-state index in [0.29, 0.717) is 13.1 Å². The first-order chi connectivity index (χ1) is 24.5. The fourth-order valence-corrected chi connectivity index (χ4v) is 7.82. The van der Waals surface area contributed by atoms with Gasteiger partial charge in [0.15, 0.2) is 0 Å². The molecule has 4 aromatic heterocycles. The second-order valence-corrected chi connectivity index (χ2v) is 14.6. The van der Waals surface area contributed by atoms with Crippen molar-refractivity contribution in [2.24, 2.45) is 0 Å². The third-order valence-corrected chi connectivity index (χ3v) is 10.5. The van der Waals surface area contributed by atoms with E-state index in [1.807, 2.05) is 64.1 Å². The summed E-state index contributed by atoms with van der Waals surface area (Å²) in [5.74, 6) is 0. The van der Waals surface area contributed by atoms with E-state index in [1.54, 1.807) is 24.8 Å². The highest BCUT2D eigenvalue weighted by Gasteiger charge is 2.30. The molecule has 0 aliphatic carbocycles. The number of hydrogen-bond acceptors (Lipinski definition) is 6. The highest BCUT2D eigenvalue weighted by Crippen LogP contribution is 2.36. The molecule has 2 atom stereocenters. The molecule has 0 saturated carbocycles. The summed E-state index contributed by atoms with van der Waals surface area (Å²) in [5, 5.41) is 25.6. The van der Waals surface area contributed by atoms with Crippen LogP contribution in [0, 0.1) is 0 Å². The predicted molar refractivity (Wildman–Crippen MR) is 208 cm³/mol. The molecular weight excluding hydrogens is 656 g/mol. The maximum Gasteiger partial charge on any atom is 0.105 e. The number of fused-ring (bicyclic) bond motifs is 6. The van der Waals surface area contributed by atoms with Crippen molar-refractivity contribution >= 4 is 33.4 Å². The Morgan fingerprint density at radius 1 is 0.647 bits per heavy atom. The summed E-state index contributed by atoms with van der Waals surface area (Å²) in [5.41, 5.74) is 7.59. The topological polar surface area (TPSA) is 82.6 Å².